The van der Waals surface area contributed by atoms with Crippen molar-refractivity contribution in [1.29, 1.82) is 0 Å². The van der Waals surface area contributed by atoms with Crippen LogP contribution < -0.4 is 0 Å². The molecule has 14 heteroatoms. The van der Waals surface area contributed by atoms with E-state index in [0.717, 1.165) is 103 Å². The second-order valence-corrected chi connectivity index (χ2v) is 17.3. The van der Waals surface area contributed by atoms with E-state index in [1.54, 1.807) is 0 Å². The fraction of sp³-hybridized carbons (Fsp3) is 0.745. The van der Waals surface area contributed by atoms with Gasteiger partial charge >= 0.3 is 19.8 Å². The van der Waals surface area contributed by atoms with Gasteiger partial charge in [0.05, 0.1) is 6.61 Å². The summed E-state index contributed by atoms with van der Waals surface area (Å²) in [7, 11) is -5.13. The number of unbranched alkanes of at least 4 members (excludes halogenated alkanes) is 15. The molecule has 0 heterocycles. The smallest absolute Gasteiger partial charge is 0.462 e. The molecule has 6 N–H and O–H groups in total. The van der Waals surface area contributed by atoms with Crippen molar-refractivity contribution in [2.24, 2.45) is 0 Å². The van der Waals surface area contributed by atoms with Crippen molar-refractivity contribution >= 4 is 19.8 Å². The standard InChI is InChI=1S/C47H81O13P/c1-3-5-7-9-11-13-15-17-18-19-20-21-22-24-25-27-29-31-33-35-40(48)57-37-39(38-58-61(55,56)60-47-45(53)43(51)42(50)44(52)46(47)54)59-41(49)36-34-32-30-28-26-23-16-14-12-10-8-6-4-2/h8,10-11,13-14,16-18,20-21,39,42-47,50-54H,3-7,9,12,15,19,22-38H2,1-2H3,(H,55,56). The molecule has 0 spiro atoms. The highest BCUT2D eigenvalue weighted by atomic mass is 31.2. The minimum atomic E-state index is -5.13. The Morgan fingerprint density at radius 2 is 0.918 bits per heavy atom. The molecule has 0 amide bonds. The summed E-state index contributed by atoms with van der Waals surface area (Å²) in [6, 6.07) is 0. The summed E-state index contributed by atoms with van der Waals surface area (Å²) in [6.07, 6.45) is 31.3. The summed E-state index contributed by atoms with van der Waals surface area (Å²) in [4.78, 5) is 35.7. The Morgan fingerprint density at radius 3 is 1.41 bits per heavy atom. The first-order valence-corrected chi connectivity index (χ1v) is 24.6. The second-order valence-electron chi connectivity index (χ2n) is 15.9. The average molecular weight is 885 g/mol. The van der Waals surface area contributed by atoms with E-state index in [4.69, 9.17) is 18.5 Å². The van der Waals surface area contributed by atoms with Crippen LogP contribution in [0.4, 0.5) is 0 Å². The van der Waals surface area contributed by atoms with Crippen LogP contribution in [0.3, 0.4) is 0 Å². The third-order valence-electron chi connectivity index (χ3n) is 10.3. The van der Waals surface area contributed by atoms with E-state index in [9.17, 15) is 44.6 Å². The van der Waals surface area contributed by atoms with Crippen molar-refractivity contribution < 1.29 is 63.1 Å². The van der Waals surface area contributed by atoms with Gasteiger partial charge in [-0.3, -0.25) is 18.6 Å². The van der Waals surface area contributed by atoms with Gasteiger partial charge in [0.15, 0.2) is 6.10 Å². The first kappa shape index (κ1) is 56.6. The summed E-state index contributed by atoms with van der Waals surface area (Å²) in [5, 5.41) is 50.1. The average Bonchev–Trinajstić information content (AvgIpc) is 3.24. The Bertz CT molecular complexity index is 1300. The third kappa shape index (κ3) is 29.5. The molecule has 13 nitrogen and oxygen atoms in total. The Morgan fingerprint density at radius 1 is 0.508 bits per heavy atom. The van der Waals surface area contributed by atoms with Gasteiger partial charge in [-0.25, -0.2) is 4.57 Å². The Balaban J connectivity index is 2.46. The molecule has 61 heavy (non-hydrogen) atoms. The number of hydrogen-bond donors (Lipinski definition) is 6. The predicted molar refractivity (Wildman–Crippen MR) is 239 cm³/mol. The molecule has 1 aliphatic rings. The number of hydrogen-bond acceptors (Lipinski definition) is 12. The zero-order chi connectivity index (χ0) is 45.0. The number of rotatable bonds is 37. The largest absolute Gasteiger partial charge is 0.472 e. The van der Waals surface area contributed by atoms with Gasteiger partial charge in [-0.1, -0.05) is 139 Å². The van der Waals surface area contributed by atoms with E-state index in [-0.39, 0.29) is 12.8 Å². The van der Waals surface area contributed by atoms with Crippen LogP contribution in [-0.2, 0) is 32.7 Å². The number of ether oxygens (including phenoxy) is 2. The Kier molecular flexibility index (Phi) is 34.3. The molecule has 0 aliphatic heterocycles. The number of aliphatic hydroxyl groups is 5. The Labute approximate surface area is 366 Å². The summed E-state index contributed by atoms with van der Waals surface area (Å²) < 4.78 is 33.5. The zero-order valence-corrected chi connectivity index (χ0v) is 38.1. The van der Waals surface area contributed by atoms with Crippen LogP contribution >= 0.6 is 7.82 Å². The molecular weight excluding hydrogens is 803 g/mol. The van der Waals surface area contributed by atoms with Crippen LogP contribution in [0.2, 0.25) is 0 Å². The SMILES string of the molecule is CCCC=CCC=CCCCCCCCC(=O)OC(COC(=O)CCCCCCCCC=CCC=CCC=CCCCCC)COP(=O)(O)OC1C(O)C(O)C(O)C(O)C1O. The highest BCUT2D eigenvalue weighted by molar-refractivity contribution is 7.47. The molecule has 6 atom stereocenters. The van der Waals surface area contributed by atoms with Gasteiger partial charge in [-0.05, 0) is 77.0 Å². The molecule has 0 aromatic rings. The third-order valence-corrected chi connectivity index (χ3v) is 11.3. The molecule has 1 aliphatic carbocycles. The number of carbonyl (C=O) groups is 2. The van der Waals surface area contributed by atoms with E-state index in [1.807, 2.05) is 0 Å². The number of allylic oxidation sites excluding steroid dienone is 10. The molecule has 0 aromatic carbocycles. The summed E-state index contributed by atoms with van der Waals surface area (Å²) in [5.41, 5.74) is 0. The monoisotopic (exact) mass is 885 g/mol. The number of carbonyl (C=O) groups excluding carboxylic acids is 2. The lowest BCUT2D eigenvalue weighted by Gasteiger charge is -2.41. The molecular formula is C47H81O13P. The quantitative estimate of drug-likeness (QED) is 0.0149. The van der Waals surface area contributed by atoms with Crippen LogP contribution in [0.25, 0.3) is 0 Å². The highest BCUT2D eigenvalue weighted by Crippen LogP contribution is 2.47. The van der Waals surface area contributed by atoms with Crippen molar-refractivity contribution in [2.75, 3.05) is 13.2 Å². The summed E-state index contributed by atoms with van der Waals surface area (Å²) >= 11 is 0. The summed E-state index contributed by atoms with van der Waals surface area (Å²) in [6.45, 7) is 3.17. The highest BCUT2D eigenvalue weighted by Gasteiger charge is 2.51. The molecule has 1 saturated carbocycles. The van der Waals surface area contributed by atoms with Crippen LogP contribution in [0.15, 0.2) is 60.8 Å². The number of phosphoric acid groups is 1. The molecule has 0 bridgehead atoms. The predicted octanol–water partition coefficient (Wildman–Crippen LogP) is 8.94. The van der Waals surface area contributed by atoms with Crippen molar-refractivity contribution in [3.63, 3.8) is 0 Å². The molecule has 0 radical (unpaired) electrons. The molecule has 1 rings (SSSR count). The van der Waals surface area contributed by atoms with E-state index < -0.39 is 75.7 Å². The minimum Gasteiger partial charge on any atom is -0.462 e. The van der Waals surface area contributed by atoms with E-state index in [2.05, 4.69) is 74.6 Å². The van der Waals surface area contributed by atoms with Gasteiger partial charge in [0.1, 0.15) is 43.2 Å². The van der Waals surface area contributed by atoms with Crippen molar-refractivity contribution in [2.45, 2.75) is 211 Å². The van der Waals surface area contributed by atoms with Gasteiger partial charge in [0, 0.05) is 12.8 Å². The normalized spacial score (nSPS) is 22.6. The van der Waals surface area contributed by atoms with Gasteiger partial charge in [-0.2, -0.15) is 0 Å². The lowest BCUT2D eigenvalue weighted by Crippen LogP contribution is -2.64. The van der Waals surface area contributed by atoms with Crippen LogP contribution in [0.5, 0.6) is 0 Å². The van der Waals surface area contributed by atoms with Gasteiger partial charge in [0.25, 0.3) is 0 Å². The number of aliphatic hydroxyl groups excluding tert-OH is 5. The van der Waals surface area contributed by atoms with Gasteiger partial charge in [0.2, 0.25) is 0 Å². The molecule has 6 unspecified atom stereocenters. The molecule has 0 saturated heterocycles. The van der Waals surface area contributed by atoms with Crippen molar-refractivity contribution in [3.05, 3.63) is 60.8 Å². The Hall–Kier alpha value is -2.45. The number of phosphoric ester groups is 1. The fourth-order valence-electron chi connectivity index (χ4n) is 6.57. The maximum Gasteiger partial charge on any atom is 0.472 e. The van der Waals surface area contributed by atoms with E-state index in [0.29, 0.717) is 12.8 Å². The lowest BCUT2D eigenvalue weighted by molar-refractivity contribution is -0.220. The van der Waals surface area contributed by atoms with E-state index in [1.165, 1.54) is 25.7 Å². The van der Waals surface area contributed by atoms with Crippen LogP contribution in [0, 0.1) is 0 Å². The summed E-state index contributed by atoms with van der Waals surface area (Å²) in [5.74, 6) is -1.14. The topological polar surface area (TPSA) is 210 Å². The number of esters is 2. The van der Waals surface area contributed by atoms with Crippen LogP contribution in [0.1, 0.15) is 168 Å². The maximum atomic E-state index is 12.8. The second kappa shape index (κ2) is 37.0. The molecule has 1 fully saturated rings. The first-order chi connectivity index (χ1) is 29.4. The van der Waals surface area contributed by atoms with Crippen molar-refractivity contribution in [1.82, 2.24) is 0 Å². The maximum absolute atomic E-state index is 12.8. The van der Waals surface area contributed by atoms with Gasteiger partial charge < -0.3 is 39.9 Å². The fourth-order valence-corrected chi connectivity index (χ4v) is 7.54. The van der Waals surface area contributed by atoms with Crippen molar-refractivity contribution in [3.8, 4) is 0 Å². The molecule has 0 aromatic heterocycles. The first-order valence-electron chi connectivity index (χ1n) is 23.1. The van der Waals surface area contributed by atoms with E-state index >= 15 is 0 Å². The van der Waals surface area contributed by atoms with Gasteiger partial charge in [-0.15, -0.1) is 0 Å². The minimum absolute atomic E-state index is 0.0747. The lowest BCUT2D eigenvalue weighted by atomic mass is 9.85. The molecule has 352 valence electrons. The van der Waals surface area contributed by atoms with Crippen LogP contribution in [-0.4, -0.2) is 98.3 Å². The zero-order valence-electron chi connectivity index (χ0n) is 37.2.